The molecule has 4 nitrogen and oxygen atoms in total. The van der Waals surface area contributed by atoms with E-state index in [1.807, 2.05) is 12.2 Å². The molecule has 0 saturated heterocycles. The van der Waals surface area contributed by atoms with Crippen molar-refractivity contribution >= 4 is 0 Å². The molecule has 0 heterocycles. The normalized spacial score (nSPS) is 32.1. The summed E-state index contributed by atoms with van der Waals surface area (Å²) in [6.45, 7) is 9.40. The van der Waals surface area contributed by atoms with Gasteiger partial charge in [0.25, 0.3) is 0 Å². The molecule has 0 spiro atoms. The summed E-state index contributed by atoms with van der Waals surface area (Å²) >= 11 is 0. The highest BCUT2D eigenvalue weighted by Crippen LogP contribution is 2.60. The van der Waals surface area contributed by atoms with E-state index in [4.69, 9.17) is 0 Å². The van der Waals surface area contributed by atoms with Crippen LogP contribution < -0.4 is 0 Å². The van der Waals surface area contributed by atoms with Crippen molar-refractivity contribution in [2.24, 2.45) is 23.2 Å². The Balaban J connectivity index is 1.89. The number of fused-ring (bicyclic) bond motifs is 1. The molecule has 0 aliphatic heterocycles. The zero-order valence-corrected chi connectivity index (χ0v) is 24.6. The van der Waals surface area contributed by atoms with Crippen molar-refractivity contribution in [3.8, 4) is 11.8 Å². The third-order valence-electron chi connectivity index (χ3n) is 9.69. The minimum atomic E-state index is -5.99. The predicted molar refractivity (Wildman–Crippen MR) is 148 cm³/mol. The van der Waals surface area contributed by atoms with Gasteiger partial charge < -0.3 is 20.4 Å². The Hall–Kier alpha value is -1.80. The predicted octanol–water partition coefficient (Wildman–Crippen LogP) is 6.93. The molecule has 3 aliphatic carbocycles. The van der Waals surface area contributed by atoms with Crippen LogP contribution in [-0.2, 0) is 0 Å². The highest BCUT2D eigenvalue weighted by atomic mass is 19.4. The number of alkyl halides is 6. The van der Waals surface area contributed by atoms with E-state index < -0.39 is 35.8 Å². The lowest BCUT2D eigenvalue weighted by atomic mass is 9.60. The van der Waals surface area contributed by atoms with Crippen LogP contribution in [0.25, 0.3) is 0 Å². The first-order valence-electron chi connectivity index (χ1n) is 14.7. The lowest BCUT2D eigenvalue weighted by molar-refractivity contribution is -0.343. The maximum absolute atomic E-state index is 13.2. The van der Waals surface area contributed by atoms with Crippen LogP contribution in [0.1, 0.15) is 91.4 Å². The van der Waals surface area contributed by atoms with Gasteiger partial charge in [0, 0.05) is 12.8 Å². The summed E-state index contributed by atoms with van der Waals surface area (Å²) in [5, 5.41) is 40.0. The van der Waals surface area contributed by atoms with Gasteiger partial charge in [0.2, 0.25) is 0 Å². The highest BCUT2D eigenvalue weighted by molar-refractivity contribution is 5.38. The monoisotopic (exact) mass is 606 g/mol. The number of halogens is 6. The number of aliphatic hydroxyl groups excluding tert-OH is 2. The van der Waals surface area contributed by atoms with Crippen LogP contribution in [0, 0.1) is 35.0 Å². The van der Waals surface area contributed by atoms with E-state index in [1.54, 1.807) is 13.8 Å². The van der Waals surface area contributed by atoms with Crippen molar-refractivity contribution in [3.63, 3.8) is 0 Å². The maximum atomic E-state index is 13.2. The van der Waals surface area contributed by atoms with Crippen LogP contribution in [0.5, 0.6) is 0 Å². The first-order valence-corrected chi connectivity index (χ1v) is 14.7. The zero-order valence-electron chi connectivity index (χ0n) is 24.6. The first kappa shape index (κ1) is 34.7. The molecule has 4 N–H and O–H groups in total. The number of hydrogen-bond donors (Lipinski definition) is 4. The molecule has 0 bridgehead atoms. The van der Waals surface area contributed by atoms with Gasteiger partial charge >= 0.3 is 18.0 Å². The number of hydrogen-bond acceptors (Lipinski definition) is 4. The number of rotatable bonds is 7. The van der Waals surface area contributed by atoms with E-state index >= 15 is 0 Å². The van der Waals surface area contributed by atoms with E-state index in [0.29, 0.717) is 31.3 Å². The molecule has 3 saturated carbocycles. The molecule has 10 heteroatoms. The number of aliphatic hydroxyl groups is 4. The molecular formula is C32H44F6O4. The van der Waals surface area contributed by atoms with Crippen molar-refractivity contribution in [2.45, 2.75) is 127 Å². The topological polar surface area (TPSA) is 80.9 Å². The second kappa shape index (κ2) is 12.7. The van der Waals surface area contributed by atoms with Gasteiger partial charge in [-0.05, 0) is 105 Å². The Morgan fingerprint density at radius 1 is 1.05 bits per heavy atom. The van der Waals surface area contributed by atoms with E-state index in [-0.39, 0.29) is 36.0 Å². The summed E-state index contributed by atoms with van der Waals surface area (Å²) < 4.78 is 79.3. The molecule has 3 aliphatic rings. The summed E-state index contributed by atoms with van der Waals surface area (Å²) in [7, 11) is 0. The van der Waals surface area contributed by atoms with E-state index in [1.165, 1.54) is 5.57 Å². The molecule has 42 heavy (non-hydrogen) atoms. The summed E-state index contributed by atoms with van der Waals surface area (Å²) in [5.41, 5.74) is -3.75. The number of allylic oxidation sites excluding steroid dienone is 3. The van der Waals surface area contributed by atoms with Gasteiger partial charge in [-0.25, -0.2) is 0 Å². The van der Waals surface area contributed by atoms with Gasteiger partial charge in [0.1, 0.15) is 0 Å². The fourth-order valence-electron chi connectivity index (χ4n) is 7.37. The van der Waals surface area contributed by atoms with Crippen LogP contribution in [0.15, 0.2) is 35.5 Å². The van der Waals surface area contributed by atoms with Crippen LogP contribution in [0.2, 0.25) is 0 Å². The van der Waals surface area contributed by atoms with Crippen LogP contribution in [-0.4, -0.2) is 56.2 Å². The Labute approximate surface area is 244 Å². The molecule has 0 unspecified atom stereocenters. The quantitative estimate of drug-likeness (QED) is 0.187. The van der Waals surface area contributed by atoms with E-state index in [9.17, 15) is 46.8 Å². The lowest BCUT2D eigenvalue weighted by Gasteiger charge is -2.45. The Bertz CT molecular complexity index is 1090. The first-order chi connectivity index (χ1) is 19.2. The molecule has 0 aromatic carbocycles. The molecule has 238 valence electrons. The fraction of sp³-hybridized carbons (Fsp3) is 0.750. The largest absolute Gasteiger partial charge is 0.438 e. The summed E-state index contributed by atoms with van der Waals surface area (Å²) in [6, 6.07) is 0. The molecular weight excluding hydrogens is 562 g/mol. The SMILES string of the molecule is C=C1/C(=C/C=C2\CCC[C@]3(C)[C@@H]([C@@H](CC#CC(O)(C(F)(F)F)C(F)(F)F)CCCC(C)(C)O)CC[C@@H]23)C[C@@H](O)C[C@@H]1O. The minimum absolute atomic E-state index is 0.0203. The van der Waals surface area contributed by atoms with Crippen molar-refractivity contribution < 1.29 is 46.8 Å². The standard InChI is InChI=1S/C32H44F6O4/c1-20-23(18-24(39)19-27(20)40)12-11-22-9-6-16-29(4)25(13-14-26(22)29)21(8-5-15-28(2,3)41)10-7-17-30(42,31(33,34)35)32(36,37)38/h11-12,21,24-27,39-42H,1,5-6,8-10,13-16,18-19H2,2-4H3/b22-11+,23-12+/t21-,24-,25-,26+,27+,29-/m1/s1. The third kappa shape index (κ3) is 7.64. The van der Waals surface area contributed by atoms with Crippen molar-refractivity contribution in [2.75, 3.05) is 0 Å². The average molecular weight is 607 g/mol. The Morgan fingerprint density at radius 3 is 2.29 bits per heavy atom. The van der Waals surface area contributed by atoms with Crippen molar-refractivity contribution in [1.29, 1.82) is 0 Å². The van der Waals surface area contributed by atoms with E-state index in [2.05, 4.69) is 19.4 Å². The molecule has 3 rings (SSSR count). The summed E-state index contributed by atoms with van der Waals surface area (Å²) in [6.07, 6.45) is -3.56. The highest BCUT2D eigenvalue weighted by Gasteiger charge is 2.70. The molecule has 0 aromatic rings. The van der Waals surface area contributed by atoms with Gasteiger partial charge in [-0.1, -0.05) is 43.6 Å². The molecule has 3 fully saturated rings. The van der Waals surface area contributed by atoms with Crippen LogP contribution in [0.4, 0.5) is 26.3 Å². The second-order valence-electron chi connectivity index (χ2n) is 13.3. The van der Waals surface area contributed by atoms with Crippen molar-refractivity contribution in [3.05, 3.63) is 35.5 Å². The summed E-state index contributed by atoms with van der Waals surface area (Å²) in [5.74, 6) is 3.04. The van der Waals surface area contributed by atoms with E-state index in [0.717, 1.165) is 43.6 Å². The fourth-order valence-corrected chi connectivity index (χ4v) is 7.37. The van der Waals surface area contributed by atoms with Crippen LogP contribution >= 0.6 is 0 Å². The Morgan fingerprint density at radius 2 is 1.69 bits per heavy atom. The average Bonchev–Trinajstić information content (AvgIpc) is 3.19. The third-order valence-corrected chi connectivity index (χ3v) is 9.69. The van der Waals surface area contributed by atoms with Gasteiger partial charge in [-0.15, -0.1) is 0 Å². The molecule has 0 radical (unpaired) electrons. The summed E-state index contributed by atoms with van der Waals surface area (Å²) in [4.78, 5) is 0. The zero-order chi connectivity index (χ0) is 31.7. The smallest absolute Gasteiger partial charge is 0.393 e. The lowest BCUT2D eigenvalue weighted by Crippen LogP contribution is -2.55. The maximum Gasteiger partial charge on any atom is 0.438 e. The van der Waals surface area contributed by atoms with Gasteiger partial charge in [-0.2, -0.15) is 26.3 Å². The van der Waals surface area contributed by atoms with Crippen molar-refractivity contribution in [1.82, 2.24) is 0 Å². The van der Waals surface area contributed by atoms with Gasteiger partial charge in [0.15, 0.2) is 0 Å². The molecule has 0 aromatic heterocycles. The van der Waals surface area contributed by atoms with Crippen LogP contribution in [0.3, 0.4) is 0 Å². The van der Waals surface area contributed by atoms with Gasteiger partial charge in [-0.3, -0.25) is 0 Å². The molecule has 0 amide bonds. The molecule has 6 atom stereocenters. The second-order valence-corrected chi connectivity index (χ2v) is 13.3. The van der Waals surface area contributed by atoms with Gasteiger partial charge in [0.05, 0.1) is 17.8 Å². The minimum Gasteiger partial charge on any atom is -0.393 e. The Kier molecular flexibility index (Phi) is 10.5.